The topological polar surface area (TPSA) is 136 Å². The molecule has 172 valence electrons. The van der Waals surface area contributed by atoms with Gasteiger partial charge in [-0.05, 0) is 23.3 Å². The molecule has 5 rings (SSSR count). The molecule has 1 aliphatic carbocycles. The zero-order chi connectivity index (χ0) is 24.1. The first-order chi connectivity index (χ1) is 16.3. The van der Waals surface area contributed by atoms with Gasteiger partial charge in [-0.2, -0.15) is 5.26 Å². The number of aliphatic hydroxyl groups is 2. The molecule has 1 aliphatic heterocycles. The number of rotatable bonds is 4. The Balaban J connectivity index is 1.80. The molecule has 1 saturated carbocycles. The van der Waals surface area contributed by atoms with Gasteiger partial charge in [-0.3, -0.25) is 4.98 Å². The van der Waals surface area contributed by atoms with E-state index in [1.165, 1.54) is 12.3 Å². The lowest BCUT2D eigenvalue weighted by atomic mass is 9.71. The Morgan fingerprint density at radius 1 is 1.21 bits per heavy atom. The van der Waals surface area contributed by atoms with Crippen molar-refractivity contribution in [2.75, 3.05) is 6.54 Å². The molecule has 1 aromatic heterocycles. The van der Waals surface area contributed by atoms with Crippen molar-refractivity contribution in [1.82, 2.24) is 10.3 Å². The first-order valence-corrected chi connectivity index (χ1v) is 11.0. The summed E-state index contributed by atoms with van der Waals surface area (Å²) in [5, 5.41) is 45.1. The number of pyridine rings is 1. The van der Waals surface area contributed by atoms with E-state index in [0.29, 0.717) is 16.1 Å². The van der Waals surface area contributed by atoms with Crippen LogP contribution in [0.1, 0.15) is 28.3 Å². The van der Waals surface area contributed by atoms with Gasteiger partial charge in [-0.15, -0.1) is 0 Å². The Labute approximate surface area is 200 Å². The third-order valence-corrected chi connectivity index (χ3v) is 7.01. The number of hydrogen-bond acceptors (Lipinski definition) is 6. The minimum atomic E-state index is -2.04. The van der Waals surface area contributed by atoms with E-state index in [-0.39, 0.29) is 18.0 Å². The molecule has 34 heavy (non-hydrogen) atoms. The fourth-order valence-corrected chi connectivity index (χ4v) is 5.64. The van der Waals surface area contributed by atoms with E-state index in [2.05, 4.69) is 16.4 Å². The smallest absolute Gasteiger partial charge is 0.404 e. The lowest BCUT2D eigenvalue weighted by Gasteiger charge is -2.40. The van der Waals surface area contributed by atoms with E-state index in [4.69, 9.17) is 16.3 Å². The number of amides is 1. The minimum absolute atomic E-state index is 0.118. The fraction of sp³-hybridized carbons (Fsp3) is 0.240. The summed E-state index contributed by atoms with van der Waals surface area (Å²) >= 11 is 6.16. The standard InChI is InChI=1S/C25H20ClN3O5/c26-17-10-19-21(28-12-17)24(33)22(30)18(13-29-23(31)32)20(15-4-2-1-3-5-15)25(24,34-19)16-8-6-14(11-27)7-9-16/h1-10,12,18,20,22,29-30,33H,13H2,(H,31,32)/t18-,20-,22-,24+,25+/m1/s1. The second-order valence-corrected chi connectivity index (χ2v) is 8.91. The Bertz CT molecular complexity index is 1300. The number of benzene rings is 2. The number of fused-ring (bicyclic) bond motifs is 3. The molecular weight excluding hydrogens is 458 g/mol. The average Bonchev–Trinajstić information content (AvgIpc) is 3.20. The molecule has 1 fully saturated rings. The Morgan fingerprint density at radius 2 is 1.91 bits per heavy atom. The summed E-state index contributed by atoms with van der Waals surface area (Å²) in [6.45, 7) is -0.136. The monoisotopic (exact) mass is 477 g/mol. The molecule has 0 saturated heterocycles. The zero-order valence-electron chi connectivity index (χ0n) is 17.7. The average molecular weight is 478 g/mol. The number of carboxylic acid groups (broad SMARTS) is 1. The Kier molecular flexibility index (Phi) is 5.21. The van der Waals surface area contributed by atoms with E-state index in [1.807, 2.05) is 30.3 Å². The van der Waals surface area contributed by atoms with Crippen LogP contribution in [-0.2, 0) is 11.2 Å². The van der Waals surface area contributed by atoms with Crippen LogP contribution in [0.3, 0.4) is 0 Å². The maximum absolute atomic E-state index is 12.3. The maximum atomic E-state index is 12.3. The van der Waals surface area contributed by atoms with Crippen molar-refractivity contribution in [3.05, 3.63) is 94.3 Å². The Morgan fingerprint density at radius 3 is 2.56 bits per heavy atom. The molecule has 2 aromatic carbocycles. The molecular formula is C25H20ClN3O5. The fourth-order valence-electron chi connectivity index (χ4n) is 5.49. The van der Waals surface area contributed by atoms with E-state index in [0.717, 1.165) is 5.56 Å². The summed E-state index contributed by atoms with van der Waals surface area (Å²) in [4.78, 5) is 15.7. The molecule has 0 radical (unpaired) electrons. The van der Waals surface area contributed by atoms with Gasteiger partial charge in [0.2, 0.25) is 0 Å². The normalized spacial score (nSPS) is 28.9. The second-order valence-electron chi connectivity index (χ2n) is 8.48. The molecule has 3 aromatic rings. The minimum Gasteiger partial charge on any atom is -0.476 e. The SMILES string of the molecule is N#Cc1ccc([C@@]23Oc4cc(Cl)cnc4[C@]2(O)[C@H](O)[C@H](CNC(=O)O)[C@H]3c2ccccc2)cc1. The molecule has 0 spiro atoms. The van der Waals surface area contributed by atoms with Crippen molar-refractivity contribution in [3.8, 4) is 11.8 Å². The lowest BCUT2D eigenvalue weighted by Crippen LogP contribution is -2.52. The number of carbonyl (C=O) groups is 1. The molecule has 5 atom stereocenters. The van der Waals surface area contributed by atoms with Crippen LogP contribution in [0.25, 0.3) is 0 Å². The van der Waals surface area contributed by atoms with Crippen molar-refractivity contribution < 1.29 is 24.9 Å². The molecule has 0 unspecified atom stereocenters. The van der Waals surface area contributed by atoms with Crippen LogP contribution in [-0.4, -0.2) is 39.0 Å². The highest BCUT2D eigenvalue weighted by Gasteiger charge is 2.76. The summed E-state index contributed by atoms with van der Waals surface area (Å²) in [6, 6.07) is 19.3. The van der Waals surface area contributed by atoms with Gasteiger partial charge in [0.1, 0.15) is 11.4 Å². The number of nitriles is 1. The van der Waals surface area contributed by atoms with Crippen molar-refractivity contribution in [2.24, 2.45) is 5.92 Å². The number of aromatic nitrogens is 1. The molecule has 9 heteroatoms. The van der Waals surface area contributed by atoms with E-state index < -0.39 is 35.2 Å². The second kappa shape index (κ2) is 7.99. The van der Waals surface area contributed by atoms with Crippen molar-refractivity contribution in [1.29, 1.82) is 5.26 Å². The van der Waals surface area contributed by atoms with Crippen LogP contribution in [0.4, 0.5) is 4.79 Å². The van der Waals surface area contributed by atoms with Gasteiger partial charge in [-0.25, -0.2) is 4.79 Å². The number of aliphatic hydroxyl groups excluding tert-OH is 1. The maximum Gasteiger partial charge on any atom is 0.404 e. The number of ether oxygens (including phenoxy) is 1. The highest BCUT2D eigenvalue weighted by Crippen LogP contribution is 2.67. The van der Waals surface area contributed by atoms with E-state index >= 15 is 0 Å². The van der Waals surface area contributed by atoms with Crippen LogP contribution in [0.5, 0.6) is 5.75 Å². The molecule has 4 N–H and O–H groups in total. The summed E-state index contributed by atoms with van der Waals surface area (Å²) in [6.07, 6.45) is -1.33. The van der Waals surface area contributed by atoms with Crippen LogP contribution in [0.2, 0.25) is 5.02 Å². The first kappa shape index (κ1) is 22.2. The van der Waals surface area contributed by atoms with Crippen LogP contribution >= 0.6 is 11.6 Å². The lowest BCUT2D eigenvalue weighted by molar-refractivity contribution is -0.153. The van der Waals surface area contributed by atoms with Crippen molar-refractivity contribution in [2.45, 2.75) is 23.2 Å². The molecule has 1 amide bonds. The number of halogens is 1. The third kappa shape index (κ3) is 2.98. The molecule has 2 heterocycles. The first-order valence-electron chi connectivity index (χ1n) is 10.6. The van der Waals surface area contributed by atoms with Gasteiger partial charge in [0.15, 0.2) is 11.2 Å². The van der Waals surface area contributed by atoms with E-state index in [9.17, 15) is 25.4 Å². The predicted molar refractivity (Wildman–Crippen MR) is 121 cm³/mol. The van der Waals surface area contributed by atoms with Crippen molar-refractivity contribution >= 4 is 17.7 Å². The molecule has 0 bridgehead atoms. The van der Waals surface area contributed by atoms with Gasteiger partial charge in [0.05, 0.1) is 22.8 Å². The highest BCUT2D eigenvalue weighted by atomic mass is 35.5. The zero-order valence-corrected chi connectivity index (χ0v) is 18.5. The number of nitrogens with one attached hydrogen (secondary N) is 1. The number of nitrogens with zero attached hydrogens (tertiary/aromatic N) is 2. The third-order valence-electron chi connectivity index (χ3n) is 6.81. The highest BCUT2D eigenvalue weighted by molar-refractivity contribution is 6.30. The number of hydrogen-bond donors (Lipinski definition) is 4. The van der Waals surface area contributed by atoms with Crippen LogP contribution in [0.15, 0.2) is 66.9 Å². The van der Waals surface area contributed by atoms with Crippen LogP contribution < -0.4 is 10.1 Å². The predicted octanol–water partition coefficient (Wildman–Crippen LogP) is 3.12. The van der Waals surface area contributed by atoms with Gasteiger partial charge >= 0.3 is 6.09 Å². The summed E-state index contributed by atoms with van der Waals surface area (Å²) in [7, 11) is 0. The van der Waals surface area contributed by atoms with Gasteiger partial charge in [0.25, 0.3) is 0 Å². The largest absolute Gasteiger partial charge is 0.476 e. The summed E-state index contributed by atoms with van der Waals surface area (Å²) in [5.74, 6) is -1.24. The molecule has 2 aliphatic rings. The van der Waals surface area contributed by atoms with Crippen LogP contribution in [0, 0.1) is 17.2 Å². The summed E-state index contributed by atoms with van der Waals surface area (Å²) in [5.41, 5.74) is -1.84. The van der Waals surface area contributed by atoms with Crippen molar-refractivity contribution in [3.63, 3.8) is 0 Å². The quantitative estimate of drug-likeness (QED) is 0.453. The summed E-state index contributed by atoms with van der Waals surface area (Å²) < 4.78 is 6.52. The molecule has 8 nitrogen and oxygen atoms in total. The van der Waals surface area contributed by atoms with Gasteiger partial charge in [-0.1, -0.05) is 54.1 Å². The Hall–Kier alpha value is -3.64. The van der Waals surface area contributed by atoms with E-state index in [1.54, 1.807) is 24.3 Å². The van der Waals surface area contributed by atoms with Gasteiger partial charge in [0, 0.05) is 30.6 Å². The van der Waals surface area contributed by atoms with Gasteiger partial charge < -0.3 is 25.4 Å².